The number of rotatable bonds is 6. The minimum absolute atomic E-state index is 0.249. The first kappa shape index (κ1) is 15.9. The lowest BCUT2D eigenvalue weighted by Gasteiger charge is -2.16. The zero-order chi connectivity index (χ0) is 16.9. The predicted octanol–water partition coefficient (Wildman–Crippen LogP) is 2.11. The highest BCUT2D eigenvalue weighted by Gasteiger charge is 2.20. The van der Waals surface area contributed by atoms with Gasteiger partial charge in [0.15, 0.2) is 5.65 Å². The normalized spacial score (nSPS) is 12.1. The first-order chi connectivity index (χ1) is 11.7. The molecular weight excluding hydrogens is 306 g/mol. The van der Waals surface area contributed by atoms with Crippen LogP contribution in [0.15, 0.2) is 36.8 Å². The highest BCUT2D eigenvalue weighted by atomic mass is 16.5. The predicted molar refractivity (Wildman–Crippen MR) is 90.6 cm³/mol. The number of methoxy groups -OCH3 is 1. The topological polar surface area (TPSA) is 92.8 Å². The van der Waals surface area contributed by atoms with Crippen LogP contribution in [-0.2, 0) is 16.0 Å². The largest absolute Gasteiger partial charge is 0.469 e. The molecule has 3 aromatic rings. The third-order valence-corrected chi connectivity index (χ3v) is 3.86. The Morgan fingerprint density at radius 1 is 1.38 bits per heavy atom. The summed E-state index contributed by atoms with van der Waals surface area (Å²) in [5, 5.41) is 10.8. The van der Waals surface area contributed by atoms with Crippen LogP contribution in [0.3, 0.4) is 0 Å². The van der Waals surface area contributed by atoms with E-state index in [9.17, 15) is 4.79 Å². The van der Waals surface area contributed by atoms with E-state index >= 15 is 0 Å². The van der Waals surface area contributed by atoms with Crippen LogP contribution in [0.4, 0.5) is 5.82 Å². The summed E-state index contributed by atoms with van der Waals surface area (Å²) in [5.74, 6) is 0.0853. The van der Waals surface area contributed by atoms with E-state index in [4.69, 9.17) is 4.74 Å². The summed E-state index contributed by atoms with van der Waals surface area (Å²) in [6.07, 6.45) is 3.71. The molecule has 2 heterocycles. The SMILES string of the molecule is COC(=O)C(CNc1ncnc2[nH]ncc12)Cc1cccc(C)c1. The van der Waals surface area contributed by atoms with E-state index in [-0.39, 0.29) is 11.9 Å². The van der Waals surface area contributed by atoms with Gasteiger partial charge in [-0.2, -0.15) is 5.10 Å². The number of hydrogen-bond acceptors (Lipinski definition) is 6. The van der Waals surface area contributed by atoms with Crippen molar-refractivity contribution in [3.8, 4) is 0 Å². The van der Waals surface area contributed by atoms with Gasteiger partial charge in [-0.25, -0.2) is 9.97 Å². The summed E-state index contributed by atoms with van der Waals surface area (Å²) in [5.41, 5.74) is 2.92. The number of fused-ring (bicyclic) bond motifs is 1. The smallest absolute Gasteiger partial charge is 0.310 e. The molecule has 0 spiro atoms. The van der Waals surface area contributed by atoms with Gasteiger partial charge in [0.1, 0.15) is 12.1 Å². The Balaban J connectivity index is 1.75. The fourth-order valence-electron chi connectivity index (χ4n) is 2.65. The van der Waals surface area contributed by atoms with Gasteiger partial charge in [0.05, 0.1) is 24.6 Å². The monoisotopic (exact) mass is 325 g/mol. The number of anilines is 1. The lowest BCUT2D eigenvalue weighted by molar-refractivity contribution is -0.144. The number of H-pyrrole nitrogens is 1. The van der Waals surface area contributed by atoms with E-state index in [1.807, 2.05) is 25.1 Å². The van der Waals surface area contributed by atoms with Gasteiger partial charge >= 0.3 is 5.97 Å². The van der Waals surface area contributed by atoms with Crippen molar-refractivity contribution < 1.29 is 9.53 Å². The quantitative estimate of drug-likeness (QED) is 0.674. The fraction of sp³-hybridized carbons (Fsp3) is 0.294. The van der Waals surface area contributed by atoms with Crippen molar-refractivity contribution in [2.24, 2.45) is 5.92 Å². The fourth-order valence-corrected chi connectivity index (χ4v) is 2.65. The Labute approximate surface area is 139 Å². The molecule has 24 heavy (non-hydrogen) atoms. The highest BCUT2D eigenvalue weighted by Crippen LogP contribution is 2.18. The molecule has 0 saturated carbocycles. The number of nitrogens with one attached hydrogen (secondary N) is 2. The third kappa shape index (κ3) is 3.51. The third-order valence-electron chi connectivity index (χ3n) is 3.86. The molecule has 3 rings (SSSR count). The molecule has 1 atom stereocenters. The minimum atomic E-state index is -0.311. The van der Waals surface area contributed by atoms with E-state index in [1.165, 1.54) is 19.0 Å². The number of aromatic nitrogens is 4. The molecule has 124 valence electrons. The molecule has 7 heteroatoms. The van der Waals surface area contributed by atoms with Crippen LogP contribution >= 0.6 is 0 Å². The van der Waals surface area contributed by atoms with Crippen molar-refractivity contribution in [3.05, 3.63) is 47.9 Å². The average Bonchev–Trinajstić information content (AvgIpc) is 3.07. The lowest BCUT2D eigenvalue weighted by Crippen LogP contribution is -2.26. The van der Waals surface area contributed by atoms with Crippen molar-refractivity contribution in [2.75, 3.05) is 19.0 Å². The molecule has 0 aliphatic rings. The van der Waals surface area contributed by atoms with Crippen LogP contribution in [0.1, 0.15) is 11.1 Å². The summed E-state index contributed by atoms with van der Waals surface area (Å²) in [6.45, 7) is 2.45. The average molecular weight is 325 g/mol. The molecule has 0 amide bonds. The summed E-state index contributed by atoms with van der Waals surface area (Å²) in [4.78, 5) is 20.4. The number of nitrogens with zero attached hydrogens (tertiary/aromatic N) is 3. The zero-order valence-corrected chi connectivity index (χ0v) is 13.6. The van der Waals surface area contributed by atoms with Gasteiger partial charge in [-0.05, 0) is 18.9 Å². The summed E-state index contributed by atoms with van der Waals surface area (Å²) in [7, 11) is 1.41. The molecule has 0 saturated heterocycles. The van der Waals surface area contributed by atoms with Gasteiger partial charge in [-0.3, -0.25) is 9.89 Å². The van der Waals surface area contributed by atoms with Crippen molar-refractivity contribution in [3.63, 3.8) is 0 Å². The number of ether oxygens (including phenoxy) is 1. The van der Waals surface area contributed by atoms with Crippen LogP contribution in [0, 0.1) is 12.8 Å². The van der Waals surface area contributed by atoms with Gasteiger partial charge < -0.3 is 10.1 Å². The Kier molecular flexibility index (Phi) is 4.69. The van der Waals surface area contributed by atoms with E-state index < -0.39 is 0 Å². The number of carbonyl (C=O) groups excluding carboxylic acids is 1. The molecular formula is C17H19N5O2. The maximum Gasteiger partial charge on any atom is 0.310 e. The molecule has 1 aromatic carbocycles. The van der Waals surface area contributed by atoms with Gasteiger partial charge in [-0.1, -0.05) is 29.8 Å². The van der Waals surface area contributed by atoms with Gasteiger partial charge in [0, 0.05) is 6.54 Å². The molecule has 0 aliphatic heterocycles. The number of carbonyl (C=O) groups is 1. The van der Waals surface area contributed by atoms with Crippen LogP contribution in [0.25, 0.3) is 11.0 Å². The van der Waals surface area contributed by atoms with Crippen LogP contribution in [0.5, 0.6) is 0 Å². The van der Waals surface area contributed by atoms with Gasteiger partial charge in [0.2, 0.25) is 0 Å². The lowest BCUT2D eigenvalue weighted by atomic mass is 9.98. The maximum atomic E-state index is 12.1. The molecule has 7 nitrogen and oxygen atoms in total. The first-order valence-electron chi connectivity index (χ1n) is 7.68. The van der Waals surface area contributed by atoms with E-state index in [2.05, 4.69) is 31.5 Å². The van der Waals surface area contributed by atoms with Gasteiger partial charge in [-0.15, -0.1) is 0 Å². The molecule has 0 aliphatic carbocycles. The highest BCUT2D eigenvalue weighted by molar-refractivity contribution is 5.85. The standard InChI is InChI=1S/C17H19N5O2/c1-11-4-3-5-12(6-11)7-13(17(23)24-2)8-18-15-14-9-21-22-16(14)20-10-19-15/h3-6,9-10,13H,7-8H2,1-2H3,(H2,18,19,20,21,22). The second-order valence-corrected chi connectivity index (χ2v) is 5.65. The van der Waals surface area contributed by atoms with Crippen molar-refractivity contribution >= 4 is 22.8 Å². The van der Waals surface area contributed by atoms with Crippen LogP contribution in [-0.4, -0.2) is 39.8 Å². The number of hydrogen-bond donors (Lipinski definition) is 2. The number of aryl methyl sites for hydroxylation is 1. The van der Waals surface area contributed by atoms with Crippen LogP contribution < -0.4 is 5.32 Å². The molecule has 1 unspecified atom stereocenters. The Morgan fingerprint density at radius 2 is 2.25 bits per heavy atom. The first-order valence-corrected chi connectivity index (χ1v) is 7.68. The van der Waals surface area contributed by atoms with Crippen molar-refractivity contribution in [1.29, 1.82) is 0 Å². The second-order valence-electron chi connectivity index (χ2n) is 5.65. The number of aromatic amines is 1. The van der Waals surface area contributed by atoms with E-state index in [0.29, 0.717) is 24.4 Å². The zero-order valence-electron chi connectivity index (χ0n) is 13.6. The van der Waals surface area contributed by atoms with E-state index in [1.54, 1.807) is 6.20 Å². The number of esters is 1. The second kappa shape index (κ2) is 7.08. The molecule has 2 aromatic heterocycles. The summed E-state index contributed by atoms with van der Waals surface area (Å²) in [6, 6.07) is 8.12. The summed E-state index contributed by atoms with van der Waals surface area (Å²) < 4.78 is 4.95. The Hall–Kier alpha value is -2.96. The minimum Gasteiger partial charge on any atom is -0.469 e. The maximum absolute atomic E-state index is 12.1. The van der Waals surface area contributed by atoms with Gasteiger partial charge in [0.25, 0.3) is 0 Å². The molecule has 2 N–H and O–H groups in total. The van der Waals surface area contributed by atoms with Crippen molar-refractivity contribution in [2.45, 2.75) is 13.3 Å². The summed E-state index contributed by atoms with van der Waals surface area (Å²) >= 11 is 0. The molecule has 0 fully saturated rings. The Morgan fingerprint density at radius 3 is 3.04 bits per heavy atom. The van der Waals surface area contributed by atoms with E-state index in [0.717, 1.165) is 10.9 Å². The molecule has 0 bridgehead atoms. The van der Waals surface area contributed by atoms with Crippen molar-refractivity contribution in [1.82, 2.24) is 20.2 Å². The van der Waals surface area contributed by atoms with Crippen LogP contribution in [0.2, 0.25) is 0 Å². The number of benzene rings is 1. The Bertz CT molecular complexity index is 846. The molecule has 0 radical (unpaired) electrons.